The maximum Gasteiger partial charge on any atom is 0.236 e. The Kier molecular flexibility index (Phi) is 7.09. The van der Waals surface area contributed by atoms with E-state index in [1.165, 1.54) is 23.1 Å². The minimum atomic E-state index is -0.147. The van der Waals surface area contributed by atoms with E-state index in [0.29, 0.717) is 21.7 Å². The van der Waals surface area contributed by atoms with E-state index in [2.05, 4.69) is 20.5 Å². The number of thioether (sulfide) groups is 1. The average molecular weight is 486 g/mol. The molecule has 1 amide bonds. The number of amides is 1. The highest BCUT2D eigenvalue weighted by Gasteiger charge is 2.13. The molecule has 4 rings (SSSR count). The van der Waals surface area contributed by atoms with Crippen LogP contribution in [0.15, 0.2) is 59.1 Å². The minimum Gasteiger partial charge on any atom is -0.497 e. The van der Waals surface area contributed by atoms with Crippen molar-refractivity contribution in [3.05, 3.63) is 70.3 Å². The van der Waals surface area contributed by atoms with Crippen molar-refractivity contribution in [1.82, 2.24) is 19.7 Å². The van der Waals surface area contributed by atoms with E-state index in [-0.39, 0.29) is 11.7 Å². The second-order valence-corrected chi connectivity index (χ2v) is 9.10. The van der Waals surface area contributed by atoms with Crippen LogP contribution in [0.5, 0.6) is 5.75 Å². The molecule has 164 valence electrons. The van der Waals surface area contributed by atoms with Gasteiger partial charge < -0.3 is 14.6 Å². The van der Waals surface area contributed by atoms with Gasteiger partial charge in [0, 0.05) is 29.4 Å². The second kappa shape index (κ2) is 10.2. The first-order valence-corrected chi connectivity index (χ1v) is 11.9. The molecule has 0 spiro atoms. The molecule has 0 atom stereocenters. The van der Waals surface area contributed by atoms with Crippen molar-refractivity contribution in [3.63, 3.8) is 0 Å². The molecule has 32 heavy (non-hydrogen) atoms. The third-order valence-corrected chi connectivity index (χ3v) is 6.70. The molecule has 1 N–H and O–H groups in total. The Bertz CT molecular complexity index is 1210. The van der Waals surface area contributed by atoms with Crippen LogP contribution in [0.1, 0.15) is 11.4 Å². The number of ether oxygens (including phenoxy) is 1. The molecular weight excluding hydrogens is 466 g/mol. The smallest absolute Gasteiger partial charge is 0.236 e. The maximum absolute atomic E-state index is 12.4. The predicted molar refractivity (Wildman–Crippen MR) is 129 cm³/mol. The highest BCUT2D eigenvalue weighted by atomic mass is 35.5. The van der Waals surface area contributed by atoms with Gasteiger partial charge in [-0.3, -0.25) is 4.79 Å². The van der Waals surface area contributed by atoms with Crippen molar-refractivity contribution in [3.8, 4) is 17.0 Å². The lowest BCUT2D eigenvalue weighted by molar-refractivity contribution is -0.113. The van der Waals surface area contributed by atoms with Gasteiger partial charge in [-0.05, 0) is 29.8 Å². The molecule has 0 fully saturated rings. The number of nitrogens with one attached hydrogen (secondary N) is 1. The van der Waals surface area contributed by atoms with E-state index in [1.54, 1.807) is 7.11 Å². The highest BCUT2D eigenvalue weighted by Crippen LogP contribution is 2.26. The summed E-state index contributed by atoms with van der Waals surface area (Å²) < 4.78 is 7.10. The third-order valence-electron chi connectivity index (χ3n) is 4.67. The monoisotopic (exact) mass is 485 g/mol. The predicted octanol–water partition coefficient (Wildman–Crippen LogP) is 4.92. The summed E-state index contributed by atoms with van der Waals surface area (Å²) in [6.07, 6.45) is 0.646. The van der Waals surface area contributed by atoms with E-state index in [9.17, 15) is 4.79 Å². The zero-order valence-corrected chi connectivity index (χ0v) is 19.8. The number of carbonyl (C=O) groups excluding carboxylic acids is 1. The number of hydrogen-bond acceptors (Lipinski definition) is 7. The standard InChI is InChI=1S/C22H20ClN5O2S2/c1-28-19(11-14-3-9-17(30-2)10-4-14)26-27-22(28)32-13-20(29)25-21-24-18(12-31-21)15-5-7-16(23)8-6-15/h3-10,12H,11,13H2,1-2H3,(H,24,25,29). The zero-order chi connectivity index (χ0) is 22.5. The third kappa shape index (κ3) is 5.48. The number of benzene rings is 2. The zero-order valence-electron chi connectivity index (χ0n) is 17.4. The molecule has 0 aliphatic heterocycles. The van der Waals surface area contributed by atoms with Gasteiger partial charge >= 0.3 is 0 Å². The first-order chi connectivity index (χ1) is 15.5. The highest BCUT2D eigenvalue weighted by molar-refractivity contribution is 7.99. The van der Waals surface area contributed by atoms with Crippen LogP contribution in [-0.2, 0) is 18.3 Å². The largest absolute Gasteiger partial charge is 0.497 e. The van der Waals surface area contributed by atoms with Crippen LogP contribution in [0.3, 0.4) is 0 Å². The number of nitrogens with zero attached hydrogens (tertiary/aromatic N) is 4. The number of aromatic nitrogens is 4. The van der Waals surface area contributed by atoms with Gasteiger partial charge in [0.1, 0.15) is 11.6 Å². The summed E-state index contributed by atoms with van der Waals surface area (Å²) in [5, 5.41) is 15.1. The molecular formula is C22H20ClN5O2S2. The molecule has 7 nitrogen and oxygen atoms in total. The first-order valence-electron chi connectivity index (χ1n) is 9.67. The molecule has 2 aromatic heterocycles. The lowest BCUT2D eigenvalue weighted by Gasteiger charge is -2.05. The number of carbonyl (C=O) groups is 1. The van der Waals surface area contributed by atoms with Crippen LogP contribution in [0, 0.1) is 0 Å². The minimum absolute atomic E-state index is 0.147. The molecule has 0 aliphatic carbocycles. The molecule has 2 aromatic carbocycles. The Morgan fingerprint density at radius 1 is 1.16 bits per heavy atom. The van der Waals surface area contributed by atoms with Crippen molar-refractivity contribution in [2.45, 2.75) is 11.6 Å². The van der Waals surface area contributed by atoms with Gasteiger partial charge in [-0.2, -0.15) is 0 Å². The molecule has 4 aromatic rings. The lowest BCUT2D eigenvalue weighted by Crippen LogP contribution is -2.14. The topological polar surface area (TPSA) is 81.9 Å². The molecule has 0 saturated heterocycles. The van der Waals surface area contributed by atoms with Gasteiger partial charge in [-0.1, -0.05) is 47.6 Å². The van der Waals surface area contributed by atoms with Crippen molar-refractivity contribution in [1.29, 1.82) is 0 Å². The molecule has 0 saturated carbocycles. The van der Waals surface area contributed by atoms with Crippen molar-refractivity contribution >= 4 is 45.7 Å². The number of methoxy groups -OCH3 is 1. The summed E-state index contributed by atoms with van der Waals surface area (Å²) in [5.74, 6) is 1.71. The molecule has 0 unspecified atom stereocenters. The summed E-state index contributed by atoms with van der Waals surface area (Å²) in [4.78, 5) is 16.9. The quantitative estimate of drug-likeness (QED) is 0.357. The van der Waals surface area contributed by atoms with Crippen LogP contribution < -0.4 is 10.1 Å². The van der Waals surface area contributed by atoms with Crippen LogP contribution in [0.25, 0.3) is 11.3 Å². The fourth-order valence-corrected chi connectivity index (χ4v) is 4.51. The SMILES string of the molecule is COc1ccc(Cc2nnc(SCC(=O)Nc3nc(-c4ccc(Cl)cc4)cs3)n2C)cc1. The number of halogens is 1. The molecule has 0 aliphatic rings. The van der Waals surface area contributed by atoms with Crippen molar-refractivity contribution in [2.24, 2.45) is 7.05 Å². The molecule has 0 bridgehead atoms. The summed E-state index contributed by atoms with van der Waals surface area (Å²) in [6, 6.07) is 15.3. The van der Waals surface area contributed by atoms with Crippen LogP contribution >= 0.6 is 34.7 Å². The summed E-state index contributed by atoms with van der Waals surface area (Å²) >= 11 is 8.65. The normalized spacial score (nSPS) is 10.8. The molecule has 2 heterocycles. The van der Waals surface area contributed by atoms with Gasteiger partial charge in [0.05, 0.1) is 18.6 Å². The molecule has 10 heteroatoms. The Hall–Kier alpha value is -2.88. The summed E-state index contributed by atoms with van der Waals surface area (Å²) in [7, 11) is 3.54. The molecule has 0 radical (unpaired) electrons. The number of anilines is 1. The van der Waals surface area contributed by atoms with E-state index < -0.39 is 0 Å². The van der Waals surface area contributed by atoms with E-state index in [4.69, 9.17) is 16.3 Å². The average Bonchev–Trinajstić information content (AvgIpc) is 3.40. The fourth-order valence-electron chi connectivity index (χ4n) is 2.92. The van der Waals surface area contributed by atoms with Crippen LogP contribution in [-0.4, -0.2) is 38.5 Å². The second-order valence-electron chi connectivity index (χ2n) is 6.86. The maximum atomic E-state index is 12.4. The van der Waals surface area contributed by atoms with Crippen molar-refractivity contribution in [2.75, 3.05) is 18.2 Å². The Balaban J connectivity index is 1.32. The van der Waals surface area contributed by atoms with Gasteiger partial charge in [0.25, 0.3) is 0 Å². The first kappa shape index (κ1) is 22.3. The van der Waals surface area contributed by atoms with Gasteiger partial charge in [0.2, 0.25) is 5.91 Å². The Morgan fingerprint density at radius 3 is 2.62 bits per heavy atom. The Morgan fingerprint density at radius 2 is 1.91 bits per heavy atom. The van der Waals surface area contributed by atoms with Crippen LogP contribution in [0.2, 0.25) is 5.02 Å². The fraction of sp³-hybridized carbons (Fsp3) is 0.182. The van der Waals surface area contributed by atoms with Crippen molar-refractivity contribution < 1.29 is 9.53 Å². The van der Waals surface area contributed by atoms with Gasteiger partial charge in [0.15, 0.2) is 10.3 Å². The van der Waals surface area contributed by atoms with Gasteiger partial charge in [-0.15, -0.1) is 21.5 Å². The number of thiazole rings is 1. The van der Waals surface area contributed by atoms with Gasteiger partial charge in [-0.25, -0.2) is 4.98 Å². The number of hydrogen-bond donors (Lipinski definition) is 1. The Labute approximate surface area is 198 Å². The summed E-state index contributed by atoms with van der Waals surface area (Å²) in [6.45, 7) is 0. The number of rotatable bonds is 8. The van der Waals surface area contributed by atoms with E-state index in [0.717, 1.165) is 28.4 Å². The van der Waals surface area contributed by atoms with E-state index in [1.807, 2.05) is 65.5 Å². The summed E-state index contributed by atoms with van der Waals surface area (Å²) in [5.41, 5.74) is 2.85. The van der Waals surface area contributed by atoms with Crippen LogP contribution in [0.4, 0.5) is 5.13 Å². The lowest BCUT2D eigenvalue weighted by atomic mass is 10.1. The van der Waals surface area contributed by atoms with E-state index >= 15 is 0 Å².